The Balaban J connectivity index is 2.34. The number of nitrogens with zero attached hydrogens (tertiary/aromatic N) is 2. The van der Waals surface area contributed by atoms with Gasteiger partial charge in [0, 0.05) is 18.2 Å². The van der Waals surface area contributed by atoms with Crippen molar-refractivity contribution in [3.05, 3.63) is 33.3 Å². The number of hydrogen-bond donors (Lipinski definition) is 1. The Morgan fingerprint density at radius 3 is 2.48 bits per heavy atom. The van der Waals surface area contributed by atoms with Gasteiger partial charge in [0.15, 0.2) is 16.1 Å². The lowest BCUT2D eigenvalue weighted by Gasteiger charge is -2.06. The molecule has 0 spiro atoms. The molecule has 21 heavy (non-hydrogen) atoms. The van der Waals surface area contributed by atoms with Crippen LogP contribution in [0.4, 0.5) is 19.0 Å². The zero-order chi connectivity index (χ0) is 15.9. The van der Waals surface area contributed by atoms with Crippen LogP contribution in [0.1, 0.15) is 27.4 Å². The summed E-state index contributed by atoms with van der Waals surface area (Å²) in [5.41, 5.74) is -0.616. The van der Waals surface area contributed by atoms with Crippen molar-refractivity contribution >= 4 is 27.7 Å². The molecular weight excluding hydrogens is 355 g/mol. The van der Waals surface area contributed by atoms with Crippen LogP contribution >= 0.6 is 15.9 Å². The molecule has 5 nitrogen and oxygen atoms in total. The molecule has 0 atom stereocenters. The summed E-state index contributed by atoms with van der Waals surface area (Å²) in [5, 5.41) is 5.78. The van der Waals surface area contributed by atoms with E-state index < -0.39 is 17.8 Å². The van der Waals surface area contributed by atoms with Gasteiger partial charge in [-0.2, -0.15) is 18.3 Å². The van der Waals surface area contributed by atoms with Crippen LogP contribution in [0, 0.1) is 13.8 Å². The van der Waals surface area contributed by atoms with Crippen LogP contribution < -0.4 is 5.32 Å². The lowest BCUT2D eigenvalue weighted by Crippen LogP contribution is -2.15. The topological polar surface area (TPSA) is 60.1 Å². The van der Waals surface area contributed by atoms with Crippen molar-refractivity contribution in [3.8, 4) is 0 Å². The Morgan fingerprint density at radius 1 is 1.43 bits per heavy atom. The highest BCUT2D eigenvalue weighted by Gasteiger charge is 2.37. The first kappa shape index (κ1) is 15.6. The third-order valence-corrected chi connectivity index (χ3v) is 3.27. The van der Waals surface area contributed by atoms with Gasteiger partial charge in [0.05, 0.1) is 0 Å². The van der Waals surface area contributed by atoms with E-state index in [1.807, 2.05) is 0 Å². The average molecular weight is 366 g/mol. The zero-order valence-corrected chi connectivity index (χ0v) is 12.9. The summed E-state index contributed by atoms with van der Waals surface area (Å²) in [6.07, 6.45) is -4.57. The molecule has 2 heterocycles. The molecule has 1 amide bonds. The molecule has 2 aromatic heterocycles. The maximum atomic E-state index is 12.8. The minimum atomic E-state index is -4.57. The average Bonchev–Trinajstić information content (AvgIpc) is 2.82. The smallest absolute Gasteiger partial charge is 0.435 e. The number of furan rings is 1. The van der Waals surface area contributed by atoms with Crippen molar-refractivity contribution in [1.82, 2.24) is 9.78 Å². The van der Waals surface area contributed by atoms with Gasteiger partial charge >= 0.3 is 6.18 Å². The molecule has 0 radical (unpaired) electrons. The fraction of sp³-hybridized carbons (Fsp3) is 0.333. The van der Waals surface area contributed by atoms with Gasteiger partial charge in [-0.15, -0.1) is 0 Å². The second-order valence-electron chi connectivity index (χ2n) is 4.46. The molecule has 0 unspecified atom stereocenters. The maximum absolute atomic E-state index is 12.8. The second kappa shape index (κ2) is 5.21. The Kier molecular flexibility index (Phi) is 3.87. The van der Waals surface area contributed by atoms with Gasteiger partial charge in [0.1, 0.15) is 5.82 Å². The number of aryl methyl sites for hydroxylation is 2. The molecule has 9 heteroatoms. The number of nitrogens with one attached hydrogen (secondary N) is 1. The SMILES string of the molecule is Cc1cc(Br)oc1C(=O)Nc1c(C)c(C(F)(F)F)nn1C. The van der Waals surface area contributed by atoms with E-state index in [0.29, 0.717) is 10.2 Å². The fourth-order valence-electron chi connectivity index (χ4n) is 1.91. The maximum Gasteiger partial charge on any atom is 0.435 e. The van der Waals surface area contributed by atoms with Crippen LogP contribution in [0.25, 0.3) is 0 Å². The third-order valence-electron chi connectivity index (χ3n) is 2.88. The van der Waals surface area contributed by atoms with Crippen LogP contribution in [0.5, 0.6) is 0 Å². The number of anilines is 1. The van der Waals surface area contributed by atoms with Crippen LogP contribution in [-0.2, 0) is 13.2 Å². The Bertz CT molecular complexity index is 703. The summed E-state index contributed by atoms with van der Waals surface area (Å²) in [4.78, 5) is 12.1. The number of alkyl halides is 3. The quantitative estimate of drug-likeness (QED) is 0.883. The van der Waals surface area contributed by atoms with Gasteiger partial charge in [-0.05, 0) is 35.8 Å². The number of aromatic nitrogens is 2. The van der Waals surface area contributed by atoms with Crippen LogP contribution in [-0.4, -0.2) is 15.7 Å². The first-order valence-corrected chi connectivity index (χ1v) is 6.58. The number of hydrogen-bond acceptors (Lipinski definition) is 3. The number of halogens is 4. The lowest BCUT2D eigenvalue weighted by molar-refractivity contribution is -0.141. The van der Waals surface area contributed by atoms with E-state index in [1.54, 1.807) is 13.0 Å². The highest BCUT2D eigenvalue weighted by molar-refractivity contribution is 9.10. The van der Waals surface area contributed by atoms with Crippen molar-refractivity contribution < 1.29 is 22.4 Å². The third kappa shape index (κ3) is 2.97. The molecule has 0 bridgehead atoms. The zero-order valence-electron chi connectivity index (χ0n) is 11.3. The summed E-state index contributed by atoms with van der Waals surface area (Å²) in [7, 11) is 1.32. The summed E-state index contributed by atoms with van der Waals surface area (Å²) in [6.45, 7) is 2.90. The number of rotatable bonds is 2. The van der Waals surface area contributed by atoms with E-state index in [9.17, 15) is 18.0 Å². The van der Waals surface area contributed by atoms with Gasteiger partial charge < -0.3 is 9.73 Å². The molecule has 0 aliphatic heterocycles. The van der Waals surface area contributed by atoms with Crippen LogP contribution in [0.2, 0.25) is 0 Å². The number of carbonyl (C=O) groups excluding carboxylic acids is 1. The molecule has 1 N–H and O–H groups in total. The molecule has 2 rings (SSSR count). The normalized spacial score (nSPS) is 11.8. The molecule has 0 saturated carbocycles. The number of carbonyl (C=O) groups is 1. The molecule has 0 saturated heterocycles. The Morgan fingerprint density at radius 2 is 2.05 bits per heavy atom. The van der Waals surface area contributed by atoms with Gasteiger partial charge in [-0.25, -0.2) is 0 Å². The minimum absolute atomic E-state index is 0.0241. The Hall–Kier alpha value is -1.77. The van der Waals surface area contributed by atoms with Crippen molar-refractivity contribution in [3.63, 3.8) is 0 Å². The van der Waals surface area contributed by atoms with E-state index in [1.165, 1.54) is 14.0 Å². The first-order chi connectivity index (χ1) is 9.61. The summed E-state index contributed by atoms with van der Waals surface area (Å²) in [6, 6.07) is 1.59. The van der Waals surface area contributed by atoms with Gasteiger partial charge in [-0.1, -0.05) is 0 Å². The van der Waals surface area contributed by atoms with Gasteiger partial charge in [-0.3, -0.25) is 9.48 Å². The van der Waals surface area contributed by atoms with E-state index in [4.69, 9.17) is 4.42 Å². The molecule has 0 aromatic carbocycles. The van der Waals surface area contributed by atoms with Crippen molar-refractivity contribution in [2.24, 2.45) is 7.05 Å². The Labute approximate surface area is 126 Å². The highest BCUT2D eigenvalue weighted by atomic mass is 79.9. The molecule has 114 valence electrons. The lowest BCUT2D eigenvalue weighted by atomic mass is 10.2. The predicted octanol–water partition coefficient (Wildman–Crippen LogP) is 3.66. The minimum Gasteiger partial charge on any atom is -0.444 e. The van der Waals surface area contributed by atoms with Crippen molar-refractivity contribution in [2.75, 3.05) is 5.32 Å². The summed E-state index contributed by atoms with van der Waals surface area (Å²) >= 11 is 3.08. The van der Waals surface area contributed by atoms with E-state index in [2.05, 4.69) is 26.3 Å². The molecular formula is C12H11BrF3N3O2. The summed E-state index contributed by atoms with van der Waals surface area (Å²) < 4.78 is 44.8. The standard InChI is InChI=1S/C12H11BrF3N3O2/c1-5-4-7(13)21-8(5)11(20)17-10-6(2)9(12(14,15)16)18-19(10)3/h4H,1-3H3,(H,17,20). The van der Waals surface area contributed by atoms with Crippen LogP contribution in [0.15, 0.2) is 15.2 Å². The number of amides is 1. The molecule has 0 fully saturated rings. The van der Waals surface area contributed by atoms with Crippen molar-refractivity contribution in [2.45, 2.75) is 20.0 Å². The first-order valence-electron chi connectivity index (χ1n) is 5.79. The fourth-order valence-corrected chi connectivity index (χ4v) is 2.41. The highest BCUT2D eigenvalue weighted by Crippen LogP contribution is 2.34. The van der Waals surface area contributed by atoms with E-state index in [0.717, 1.165) is 4.68 Å². The molecule has 0 aliphatic rings. The second-order valence-corrected chi connectivity index (χ2v) is 5.24. The summed E-state index contributed by atoms with van der Waals surface area (Å²) in [5.74, 6) is -0.645. The monoisotopic (exact) mass is 365 g/mol. The van der Waals surface area contributed by atoms with E-state index in [-0.39, 0.29) is 17.1 Å². The molecule has 2 aromatic rings. The van der Waals surface area contributed by atoms with Gasteiger partial charge in [0.25, 0.3) is 5.91 Å². The predicted molar refractivity (Wildman–Crippen MR) is 72.0 cm³/mol. The molecule has 0 aliphatic carbocycles. The van der Waals surface area contributed by atoms with Gasteiger partial charge in [0.2, 0.25) is 0 Å². The van der Waals surface area contributed by atoms with E-state index >= 15 is 0 Å². The van der Waals surface area contributed by atoms with Crippen molar-refractivity contribution in [1.29, 1.82) is 0 Å². The largest absolute Gasteiger partial charge is 0.444 e. The van der Waals surface area contributed by atoms with Crippen LogP contribution in [0.3, 0.4) is 0 Å².